The summed E-state index contributed by atoms with van der Waals surface area (Å²) in [6.45, 7) is 4.28. The van der Waals surface area contributed by atoms with E-state index in [4.69, 9.17) is 0 Å². The molecule has 0 aliphatic heterocycles. The molecule has 0 amide bonds. The molecule has 1 N–H and O–H groups in total. The van der Waals surface area contributed by atoms with Crippen molar-refractivity contribution in [3.05, 3.63) is 12.2 Å². The molecular formula is C19H26O3. The normalized spacial score (nSPS) is 53.9. The molecule has 0 saturated heterocycles. The molecule has 4 aliphatic rings. The number of Topliss-reactive ketones (excluding diaryl/α,β-unsaturated/α-hetero) is 1. The number of aliphatic hydroxyl groups excluding tert-OH is 1. The highest BCUT2D eigenvalue weighted by atomic mass is 16.3. The van der Waals surface area contributed by atoms with E-state index in [9.17, 15) is 14.7 Å². The summed E-state index contributed by atoms with van der Waals surface area (Å²) in [4.78, 5) is 24.7. The number of carbonyl (C=O) groups is 2. The molecule has 3 saturated carbocycles. The van der Waals surface area contributed by atoms with Gasteiger partial charge in [0.05, 0.1) is 6.10 Å². The molecule has 0 spiro atoms. The topological polar surface area (TPSA) is 54.4 Å². The van der Waals surface area contributed by atoms with Gasteiger partial charge in [-0.1, -0.05) is 26.3 Å². The summed E-state index contributed by atoms with van der Waals surface area (Å²) >= 11 is 0. The van der Waals surface area contributed by atoms with E-state index >= 15 is 0 Å². The van der Waals surface area contributed by atoms with Gasteiger partial charge in [0.25, 0.3) is 0 Å². The van der Waals surface area contributed by atoms with Crippen molar-refractivity contribution in [2.75, 3.05) is 0 Å². The van der Waals surface area contributed by atoms with Crippen LogP contribution in [0.15, 0.2) is 12.2 Å². The zero-order valence-corrected chi connectivity index (χ0v) is 13.5. The van der Waals surface area contributed by atoms with E-state index in [1.54, 1.807) is 0 Å². The molecule has 4 rings (SSSR count). The number of allylic oxidation sites excluding steroid dienone is 2. The van der Waals surface area contributed by atoms with E-state index in [1.165, 1.54) is 25.3 Å². The lowest BCUT2D eigenvalue weighted by molar-refractivity contribution is -0.169. The Morgan fingerprint density at radius 1 is 1.18 bits per heavy atom. The van der Waals surface area contributed by atoms with Crippen molar-refractivity contribution in [3.8, 4) is 0 Å². The highest BCUT2D eigenvalue weighted by Gasteiger charge is 2.63. The van der Waals surface area contributed by atoms with Gasteiger partial charge in [-0.2, -0.15) is 0 Å². The molecule has 7 atom stereocenters. The minimum atomic E-state index is -0.682. The van der Waals surface area contributed by atoms with Gasteiger partial charge in [0, 0.05) is 11.3 Å². The number of ketones is 2. The quantitative estimate of drug-likeness (QED) is 0.700. The average molecular weight is 302 g/mol. The molecule has 0 aromatic rings. The van der Waals surface area contributed by atoms with Crippen LogP contribution in [0.4, 0.5) is 0 Å². The van der Waals surface area contributed by atoms with Crippen LogP contribution in [-0.2, 0) is 9.59 Å². The minimum absolute atomic E-state index is 0.0381. The minimum Gasteiger partial charge on any atom is -0.393 e. The molecular weight excluding hydrogens is 276 g/mol. The van der Waals surface area contributed by atoms with Gasteiger partial charge in [-0.25, -0.2) is 0 Å². The SMILES string of the molecule is C[C@@]12CCC[C@H]1[C@@H]1CCC3C=CC(=O)C(=O)[C@]3(C)[C@H]1[C@H](O)C2. The van der Waals surface area contributed by atoms with E-state index in [0.29, 0.717) is 11.8 Å². The summed E-state index contributed by atoms with van der Waals surface area (Å²) in [5.74, 6) is 0.484. The number of rotatable bonds is 0. The zero-order chi connectivity index (χ0) is 15.7. The van der Waals surface area contributed by atoms with Crippen molar-refractivity contribution in [1.82, 2.24) is 0 Å². The van der Waals surface area contributed by atoms with Gasteiger partial charge in [-0.15, -0.1) is 0 Å². The molecule has 1 unspecified atom stereocenters. The van der Waals surface area contributed by atoms with Crippen molar-refractivity contribution in [2.24, 2.45) is 34.5 Å². The predicted molar refractivity (Wildman–Crippen MR) is 83.0 cm³/mol. The average Bonchev–Trinajstić information content (AvgIpc) is 2.85. The van der Waals surface area contributed by atoms with Crippen LogP contribution in [0.2, 0.25) is 0 Å². The van der Waals surface area contributed by atoms with Gasteiger partial charge in [0.15, 0.2) is 0 Å². The zero-order valence-electron chi connectivity index (χ0n) is 13.5. The Kier molecular flexibility index (Phi) is 3.01. The number of carbonyl (C=O) groups excluding carboxylic acids is 2. The van der Waals surface area contributed by atoms with Crippen molar-refractivity contribution < 1.29 is 14.7 Å². The Bertz CT molecular complexity index is 565. The van der Waals surface area contributed by atoms with Crippen LogP contribution < -0.4 is 0 Å². The number of fused-ring (bicyclic) bond motifs is 5. The van der Waals surface area contributed by atoms with Crippen LogP contribution in [0.3, 0.4) is 0 Å². The van der Waals surface area contributed by atoms with Crippen molar-refractivity contribution in [3.63, 3.8) is 0 Å². The summed E-state index contributed by atoms with van der Waals surface area (Å²) in [5, 5.41) is 10.9. The Hall–Kier alpha value is -0.960. The molecule has 0 aromatic carbocycles. The van der Waals surface area contributed by atoms with E-state index in [2.05, 4.69) is 6.92 Å². The maximum atomic E-state index is 12.7. The molecule has 120 valence electrons. The first kappa shape index (κ1) is 14.6. The first-order chi connectivity index (χ1) is 10.4. The molecule has 4 aliphatic carbocycles. The van der Waals surface area contributed by atoms with Gasteiger partial charge in [-0.05, 0) is 61.3 Å². The van der Waals surface area contributed by atoms with Crippen LogP contribution in [-0.4, -0.2) is 22.8 Å². The fourth-order valence-corrected chi connectivity index (χ4v) is 6.69. The fraction of sp³-hybridized carbons (Fsp3) is 0.789. The number of aliphatic hydroxyl groups is 1. The summed E-state index contributed by atoms with van der Waals surface area (Å²) in [6, 6.07) is 0. The Labute approximate surface area is 132 Å². The van der Waals surface area contributed by atoms with Crippen LogP contribution in [0.5, 0.6) is 0 Å². The third kappa shape index (κ3) is 1.66. The monoisotopic (exact) mass is 302 g/mol. The second kappa shape index (κ2) is 4.53. The van der Waals surface area contributed by atoms with Gasteiger partial charge in [-0.3, -0.25) is 9.59 Å². The summed E-state index contributed by atoms with van der Waals surface area (Å²) in [5.41, 5.74) is -0.445. The highest BCUT2D eigenvalue weighted by molar-refractivity contribution is 6.44. The first-order valence-electron chi connectivity index (χ1n) is 8.83. The Balaban J connectivity index is 1.79. The molecule has 0 radical (unpaired) electrons. The lowest BCUT2D eigenvalue weighted by atomic mass is 9.45. The molecule has 0 heterocycles. The molecule has 3 fully saturated rings. The second-order valence-electron chi connectivity index (χ2n) is 8.63. The van der Waals surface area contributed by atoms with E-state index in [0.717, 1.165) is 19.3 Å². The van der Waals surface area contributed by atoms with Gasteiger partial charge < -0.3 is 5.11 Å². The molecule has 0 bridgehead atoms. The molecule has 0 aromatic heterocycles. The van der Waals surface area contributed by atoms with Crippen LogP contribution in [0.1, 0.15) is 52.4 Å². The lowest BCUT2D eigenvalue weighted by Gasteiger charge is -2.59. The summed E-state index contributed by atoms with van der Waals surface area (Å²) in [7, 11) is 0. The van der Waals surface area contributed by atoms with Gasteiger partial charge in [0.1, 0.15) is 0 Å². The van der Waals surface area contributed by atoms with Crippen LogP contribution in [0, 0.1) is 34.5 Å². The van der Waals surface area contributed by atoms with E-state index < -0.39 is 11.5 Å². The van der Waals surface area contributed by atoms with Crippen molar-refractivity contribution in [2.45, 2.75) is 58.5 Å². The summed E-state index contributed by atoms with van der Waals surface area (Å²) in [6.07, 6.45) is 9.49. The third-order valence-electron chi connectivity index (χ3n) is 7.69. The van der Waals surface area contributed by atoms with Crippen molar-refractivity contribution in [1.29, 1.82) is 0 Å². The predicted octanol–water partition coefficient (Wildman–Crippen LogP) is 2.91. The highest BCUT2D eigenvalue weighted by Crippen LogP contribution is 2.64. The Morgan fingerprint density at radius 2 is 1.95 bits per heavy atom. The third-order valence-corrected chi connectivity index (χ3v) is 7.69. The fourth-order valence-electron chi connectivity index (χ4n) is 6.69. The van der Waals surface area contributed by atoms with Gasteiger partial charge in [0.2, 0.25) is 11.6 Å². The number of hydrogen-bond donors (Lipinski definition) is 1. The molecule has 3 heteroatoms. The standard InChI is InChI=1S/C19H26O3/c1-18-9-3-4-13(18)12-7-5-11-6-8-14(20)17(22)19(11,2)16(12)15(21)10-18/h6,8,11-13,15-16,21H,3-5,7,9-10H2,1-2H3/t11?,12-,13-,15+,16+,18-,19-/m0/s1. The van der Waals surface area contributed by atoms with Crippen LogP contribution >= 0.6 is 0 Å². The maximum Gasteiger partial charge on any atom is 0.221 e. The van der Waals surface area contributed by atoms with Gasteiger partial charge >= 0.3 is 0 Å². The smallest absolute Gasteiger partial charge is 0.221 e. The molecule has 22 heavy (non-hydrogen) atoms. The first-order valence-corrected chi connectivity index (χ1v) is 8.83. The number of hydrogen-bond acceptors (Lipinski definition) is 3. The second-order valence-corrected chi connectivity index (χ2v) is 8.63. The van der Waals surface area contributed by atoms with Crippen molar-refractivity contribution >= 4 is 11.6 Å². The largest absolute Gasteiger partial charge is 0.393 e. The maximum absolute atomic E-state index is 12.7. The van der Waals surface area contributed by atoms with E-state index in [1.807, 2.05) is 13.0 Å². The van der Waals surface area contributed by atoms with Crippen LogP contribution in [0.25, 0.3) is 0 Å². The summed E-state index contributed by atoms with van der Waals surface area (Å²) < 4.78 is 0. The Morgan fingerprint density at radius 3 is 2.73 bits per heavy atom. The molecule has 3 nitrogen and oxygen atoms in total. The lowest BCUT2D eigenvalue weighted by Crippen LogP contribution is -2.61. The van der Waals surface area contributed by atoms with E-state index in [-0.39, 0.29) is 28.8 Å².